The van der Waals surface area contributed by atoms with E-state index in [0.717, 1.165) is 54.3 Å². The molecule has 0 radical (unpaired) electrons. The average molecular weight is 464 g/mol. The maximum Gasteiger partial charge on any atom is 0.295 e. The van der Waals surface area contributed by atoms with Gasteiger partial charge in [-0.15, -0.1) is 0 Å². The van der Waals surface area contributed by atoms with Gasteiger partial charge in [0.1, 0.15) is 18.9 Å². The molecule has 0 bridgehead atoms. The van der Waals surface area contributed by atoms with Crippen molar-refractivity contribution in [1.29, 1.82) is 0 Å². The zero-order chi connectivity index (χ0) is 23.0. The smallest absolute Gasteiger partial charge is 0.295 e. The van der Waals surface area contributed by atoms with Gasteiger partial charge in [0.25, 0.3) is 5.91 Å². The van der Waals surface area contributed by atoms with Crippen LogP contribution >= 0.6 is 11.6 Å². The van der Waals surface area contributed by atoms with Crippen LogP contribution in [-0.4, -0.2) is 36.3 Å². The summed E-state index contributed by atoms with van der Waals surface area (Å²) in [6.45, 7) is 1.54. The van der Waals surface area contributed by atoms with Crippen LogP contribution in [0.2, 0.25) is 5.02 Å². The van der Waals surface area contributed by atoms with E-state index in [9.17, 15) is 9.18 Å². The number of carbonyl (C=O) groups excluding carboxylic acids is 1. The van der Waals surface area contributed by atoms with E-state index in [1.54, 1.807) is 0 Å². The predicted octanol–water partition coefficient (Wildman–Crippen LogP) is 5.86. The number of hydrogen-bond acceptors (Lipinski definition) is 3. The average Bonchev–Trinajstić information content (AvgIpc) is 2.96. The molecule has 0 saturated carbocycles. The van der Waals surface area contributed by atoms with E-state index in [-0.39, 0.29) is 17.6 Å². The van der Waals surface area contributed by atoms with E-state index in [1.807, 2.05) is 37.4 Å². The van der Waals surface area contributed by atoms with Gasteiger partial charge in [-0.2, -0.15) is 5.43 Å². The Morgan fingerprint density at radius 2 is 1.79 bits per heavy atom. The fourth-order valence-electron chi connectivity index (χ4n) is 4.60. The number of carbonyl (C=O) groups is 1. The van der Waals surface area contributed by atoms with Crippen LogP contribution in [0.1, 0.15) is 28.8 Å². The number of hydrogen-bond donors (Lipinski definition) is 2. The summed E-state index contributed by atoms with van der Waals surface area (Å²) < 4.78 is 13.6. The van der Waals surface area contributed by atoms with E-state index in [0.29, 0.717) is 15.2 Å². The summed E-state index contributed by atoms with van der Waals surface area (Å²) in [4.78, 5) is 17.8. The Morgan fingerprint density at radius 1 is 1.06 bits per heavy atom. The van der Waals surface area contributed by atoms with Crippen LogP contribution in [0.5, 0.6) is 0 Å². The highest BCUT2D eigenvalue weighted by atomic mass is 35.5. The molecule has 0 aromatic heterocycles. The number of rotatable bonds is 3. The predicted molar refractivity (Wildman–Crippen MR) is 130 cm³/mol. The van der Waals surface area contributed by atoms with Crippen molar-refractivity contribution in [2.45, 2.75) is 12.8 Å². The Labute approximate surface area is 197 Å². The van der Waals surface area contributed by atoms with Crippen molar-refractivity contribution in [2.24, 2.45) is 10.9 Å². The van der Waals surface area contributed by atoms with Gasteiger partial charge in [-0.05, 0) is 48.5 Å². The van der Waals surface area contributed by atoms with Gasteiger partial charge in [-0.1, -0.05) is 29.8 Å². The van der Waals surface area contributed by atoms with Crippen LogP contribution in [0.15, 0.2) is 71.7 Å². The summed E-state index contributed by atoms with van der Waals surface area (Å²) in [5.74, 6) is -0.290. The summed E-state index contributed by atoms with van der Waals surface area (Å²) in [5.41, 5.74) is 8.52. The van der Waals surface area contributed by atoms with Crippen LogP contribution in [0.3, 0.4) is 0 Å². The van der Waals surface area contributed by atoms with Gasteiger partial charge in [0.15, 0.2) is 0 Å². The van der Waals surface area contributed by atoms with Gasteiger partial charge < -0.3 is 5.32 Å². The molecule has 0 atom stereocenters. The molecule has 2 heterocycles. The molecule has 2 aliphatic heterocycles. The molecule has 168 valence electrons. The molecular formula is C26H25ClFN4O+. The maximum atomic E-state index is 13.2. The first-order valence-electron chi connectivity index (χ1n) is 11.1. The number of para-hydroxylation sites is 1. The third kappa shape index (κ3) is 4.49. The van der Waals surface area contributed by atoms with E-state index < -0.39 is 0 Å². The van der Waals surface area contributed by atoms with Crippen molar-refractivity contribution in [1.82, 2.24) is 5.43 Å². The summed E-state index contributed by atoms with van der Waals surface area (Å²) in [7, 11) is 2.02. The van der Waals surface area contributed by atoms with E-state index in [2.05, 4.69) is 22.9 Å². The van der Waals surface area contributed by atoms with Gasteiger partial charge in [-0.25, -0.2) is 8.98 Å². The quantitative estimate of drug-likeness (QED) is 0.478. The zero-order valence-corrected chi connectivity index (χ0v) is 19.1. The number of nitrogens with zero attached hydrogens (tertiary/aromatic N) is 2. The molecule has 0 aliphatic carbocycles. The van der Waals surface area contributed by atoms with Crippen LogP contribution in [0.4, 0.5) is 21.5 Å². The van der Waals surface area contributed by atoms with E-state index in [1.165, 1.54) is 24.3 Å². The number of likely N-dealkylation sites (tertiary alicyclic amines) is 1. The lowest BCUT2D eigenvalue weighted by Crippen LogP contribution is -2.61. The minimum atomic E-state index is -0.352. The minimum absolute atomic E-state index is 0.194. The van der Waals surface area contributed by atoms with E-state index in [4.69, 9.17) is 16.6 Å². The number of nitrogens with one attached hydrogen (secondary N) is 2. The Balaban J connectivity index is 1.37. The first-order chi connectivity index (χ1) is 15.9. The highest BCUT2D eigenvalue weighted by molar-refractivity contribution is 6.31. The largest absolute Gasteiger partial charge is 0.353 e. The van der Waals surface area contributed by atoms with Gasteiger partial charge in [0.2, 0.25) is 0 Å². The van der Waals surface area contributed by atoms with Crippen molar-refractivity contribution >= 4 is 40.3 Å². The molecule has 0 unspecified atom stereocenters. The van der Waals surface area contributed by atoms with E-state index >= 15 is 0 Å². The number of amides is 1. The second kappa shape index (κ2) is 8.61. The van der Waals surface area contributed by atoms with Crippen molar-refractivity contribution in [3.05, 3.63) is 88.7 Å². The van der Waals surface area contributed by atoms with Crippen molar-refractivity contribution < 1.29 is 13.8 Å². The molecule has 1 amide bonds. The molecule has 0 spiro atoms. The summed E-state index contributed by atoms with van der Waals surface area (Å²) >= 11 is 6.26. The molecule has 2 aliphatic rings. The van der Waals surface area contributed by atoms with Gasteiger partial charge in [-0.3, -0.25) is 9.79 Å². The first kappa shape index (κ1) is 21.6. The molecule has 3 aromatic carbocycles. The number of aliphatic imine (C=N–C) groups is 1. The highest BCUT2D eigenvalue weighted by Gasteiger charge is 2.36. The Hall–Kier alpha value is -3.22. The number of anilines is 2. The molecule has 7 heteroatoms. The molecule has 5 rings (SSSR count). The molecule has 1 fully saturated rings. The van der Waals surface area contributed by atoms with Crippen LogP contribution in [0, 0.1) is 11.7 Å². The Kier molecular flexibility index (Phi) is 5.64. The minimum Gasteiger partial charge on any atom is -0.353 e. The lowest BCUT2D eigenvalue weighted by Gasteiger charge is -2.39. The fourth-order valence-corrected chi connectivity index (χ4v) is 4.76. The number of halogens is 2. The van der Waals surface area contributed by atoms with Crippen LogP contribution in [-0.2, 0) is 0 Å². The normalized spacial score (nSPS) is 21.7. The number of quaternary nitrogens is 1. The lowest BCUT2D eigenvalue weighted by atomic mass is 9.87. The lowest BCUT2D eigenvalue weighted by molar-refractivity contribution is -0.947. The summed E-state index contributed by atoms with van der Waals surface area (Å²) in [5, 5.41) is 4.16. The summed E-state index contributed by atoms with van der Waals surface area (Å²) in [6.07, 6.45) is 1.76. The molecule has 5 nitrogen and oxygen atoms in total. The van der Waals surface area contributed by atoms with Crippen molar-refractivity contribution in [3.63, 3.8) is 0 Å². The third-order valence-electron chi connectivity index (χ3n) is 6.48. The SMILES string of the molecule is C[N+]1(NC(=O)c2ccc(F)cc2)CCC(C2=Nc3cc(Cl)ccc3Nc3ccccc32)CC1. The molecule has 1 saturated heterocycles. The number of benzene rings is 3. The van der Waals surface area contributed by atoms with Crippen LogP contribution < -0.4 is 10.7 Å². The van der Waals surface area contributed by atoms with Gasteiger partial charge in [0, 0.05) is 40.6 Å². The Morgan fingerprint density at radius 3 is 2.55 bits per heavy atom. The monoisotopic (exact) mass is 463 g/mol. The molecule has 3 aromatic rings. The fraction of sp³-hybridized carbons (Fsp3) is 0.231. The second-order valence-electron chi connectivity index (χ2n) is 8.89. The first-order valence-corrected chi connectivity index (χ1v) is 11.5. The molecule has 33 heavy (non-hydrogen) atoms. The number of fused-ring (bicyclic) bond motifs is 2. The number of piperidine rings is 1. The maximum absolute atomic E-state index is 13.2. The van der Waals surface area contributed by atoms with Gasteiger partial charge in [0.05, 0.1) is 24.1 Å². The Bertz CT molecular complexity index is 1230. The second-order valence-corrected chi connectivity index (χ2v) is 9.33. The molecule has 2 N–H and O–H groups in total. The zero-order valence-electron chi connectivity index (χ0n) is 18.3. The highest BCUT2D eigenvalue weighted by Crippen LogP contribution is 2.38. The van der Waals surface area contributed by atoms with Crippen LogP contribution in [0.25, 0.3) is 0 Å². The van der Waals surface area contributed by atoms with Crippen molar-refractivity contribution in [2.75, 3.05) is 25.5 Å². The molecular weight excluding hydrogens is 439 g/mol. The standard InChI is InChI=1S/C26H24ClFN4O/c1-32(31-26(33)18-6-9-20(28)10-7-18)14-12-17(13-15-32)25-21-4-2-3-5-22(21)29-23-11-8-19(27)16-24(23)30-25/h2-11,16-17H,12-15H2,1H3,(H-,29,30,31,33)/p+1. The summed E-state index contributed by atoms with van der Waals surface area (Å²) in [6, 6.07) is 19.6. The third-order valence-corrected chi connectivity index (χ3v) is 6.71. The van der Waals surface area contributed by atoms with Crippen molar-refractivity contribution in [3.8, 4) is 0 Å². The topological polar surface area (TPSA) is 53.5 Å². The van der Waals surface area contributed by atoms with Gasteiger partial charge >= 0.3 is 0 Å².